The molecule has 6 N–H and O–H groups in total. The number of nitrogens with zero attached hydrogens (tertiary/aromatic N) is 2. The molecule has 1 aliphatic rings. The van der Waals surface area contributed by atoms with Crippen molar-refractivity contribution in [3.05, 3.63) is 41.3 Å². The Morgan fingerprint density at radius 3 is 3.11 bits per heavy atom. The van der Waals surface area contributed by atoms with Gasteiger partial charge in [0.2, 0.25) is 0 Å². The van der Waals surface area contributed by atoms with E-state index in [9.17, 15) is 4.79 Å². The summed E-state index contributed by atoms with van der Waals surface area (Å²) in [6.45, 7) is 2.22. The maximum atomic E-state index is 12.2. The van der Waals surface area contributed by atoms with Gasteiger partial charge in [-0.1, -0.05) is 0 Å². The van der Waals surface area contributed by atoms with Gasteiger partial charge in [-0.05, 0) is 49.9 Å². The molecule has 0 bridgehead atoms. The molecule has 1 unspecified atom stereocenters. The molecule has 0 radical (unpaired) electrons. The number of benzene rings is 1. The van der Waals surface area contributed by atoms with Crippen LogP contribution < -0.4 is 16.5 Å². The third-order valence-corrected chi connectivity index (χ3v) is 5.12. The van der Waals surface area contributed by atoms with E-state index in [2.05, 4.69) is 20.3 Å². The quantitative estimate of drug-likeness (QED) is 0.298. The molecule has 0 saturated carbocycles. The van der Waals surface area contributed by atoms with E-state index >= 15 is 0 Å². The average Bonchev–Trinajstić information content (AvgIpc) is 3.08. The van der Waals surface area contributed by atoms with Crippen LogP contribution in [0, 0.1) is 5.92 Å². The molecule has 28 heavy (non-hydrogen) atoms. The van der Waals surface area contributed by atoms with Crippen molar-refractivity contribution >= 4 is 40.4 Å². The van der Waals surface area contributed by atoms with Gasteiger partial charge in [-0.25, -0.2) is 9.97 Å². The van der Waals surface area contributed by atoms with E-state index in [1.165, 1.54) is 12.5 Å². The Balaban J connectivity index is 1.72. The normalized spacial score (nSPS) is 15.8. The fraction of sp³-hybridized carbons (Fsp3) is 0.300. The van der Waals surface area contributed by atoms with Gasteiger partial charge in [0.15, 0.2) is 6.21 Å². The number of nitrogen functional groups attached to an aromatic ring is 1. The number of aromatic nitrogens is 3. The molecule has 1 atom stereocenters. The van der Waals surface area contributed by atoms with Gasteiger partial charge in [0.1, 0.15) is 17.8 Å². The van der Waals surface area contributed by atoms with Gasteiger partial charge < -0.3 is 20.8 Å². The number of carbonyl (C=O) groups is 1. The summed E-state index contributed by atoms with van der Waals surface area (Å²) >= 11 is 0. The molecule has 8 heteroatoms. The topological polar surface area (TPSA) is 132 Å². The van der Waals surface area contributed by atoms with Gasteiger partial charge in [0, 0.05) is 17.1 Å². The van der Waals surface area contributed by atoms with Crippen LogP contribution >= 0.6 is 0 Å². The molecule has 0 amide bonds. The zero-order valence-corrected chi connectivity index (χ0v) is 15.7. The Hall–Kier alpha value is -3.42. The molecule has 2 aromatic heterocycles. The average molecular weight is 379 g/mol. The van der Waals surface area contributed by atoms with E-state index in [-0.39, 0.29) is 11.9 Å². The molecule has 8 nitrogen and oxygen atoms in total. The van der Waals surface area contributed by atoms with Crippen molar-refractivity contribution in [1.29, 1.82) is 0 Å². The van der Waals surface area contributed by atoms with Gasteiger partial charge in [-0.2, -0.15) is 0 Å². The molecule has 144 valence electrons. The van der Waals surface area contributed by atoms with Gasteiger partial charge in [-0.3, -0.25) is 10.2 Å². The standard InChI is InChI=1S/C20H22N6O2/c1-2-28-20(27)11-3-6-16-14(8-11)17-18(23-10-24-19(17)26-16)25-13-4-5-15(22)12(7-13)9-21/h4-5,7,9-11,21H,2-3,6,8,22H2,1H3,(H2,23,24,25,26)/p+1. The van der Waals surface area contributed by atoms with Gasteiger partial charge in [-0.15, -0.1) is 0 Å². The lowest BCUT2D eigenvalue weighted by atomic mass is 9.86. The zero-order chi connectivity index (χ0) is 19.7. The molecule has 3 aromatic rings. The fourth-order valence-electron chi connectivity index (χ4n) is 3.73. The van der Waals surface area contributed by atoms with Crippen molar-refractivity contribution in [1.82, 2.24) is 15.0 Å². The minimum atomic E-state index is -0.144. The number of aromatic amines is 1. The Kier molecular flexibility index (Phi) is 4.68. The molecule has 0 spiro atoms. The summed E-state index contributed by atoms with van der Waals surface area (Å²) in [6.07, 6.45) is 5.14. The number of H-pyrrole nitrogens is 1. The maximum Gasteiger partial charge on any atom is 0.309 e. The van der Waals surface area contributed by atoms with Crippen LogP contribution in [-0.2, 0) is 22.4 Å². The second-order valence-corrected chi connectivity index (χ2v) is 6.86. The van der Waals surface area contributed by atoms with Crippen LogP contribution in [0.2, 0.25) is 0 Å². The Morgan fingerprint density at radius 2 is 2.32 bits per heavy atom. The summed E-state index contributed by atoms with van der Waals surface area (Å²) in [5, 5.41) is 9.88. The molecule has 0 fully saturated rings. The van der Waals surface area contributed by atoms with Crippen molar-refractivity contribution in [3.63, 3.8) is 0 Å². The third kappa shape index (κ3) is 3.17. The van der Waals surface area contributed by atoms with Crippen LogP contribution in [0.15, 0.2) is 24.5 Å². The highest BCUT2D eigenvalue weighted by molar-refractivity contribution is 5.94. The third-order valence-electron chi connectivity index (χ3n) is 5.12. The monoisotopic (exact) mass is 379 g/mol. The minimum Gasteiger partial charge on any atom is -0.466 e. The first-order valence-electron chi connectivity index (χ1n) is 9.33. The van der Waals surface area contributed by atoms with Crippen molar-refractivity contribution in [2.45, 2.75) is 26.2 Å². The van der Waals surface area contributed by atoms with E-state index in [0.29, 0.717) is 24.5 Å². The number of hydrogen-bond donors (Lipinski definition) is 4. The second-order valence-electron chi connectivity index (χ2n) is 6.86. The molecule has 2 heterocycles. The number of anilines is 3. The van der Waals surface area contributed by atoms with E-state index in [4.69, 9.17) is 15.9 Å². The highest BCUT2D eigenvalue weighted by Crippen LogP contribution is 2.35. The SMILES string of the molecule is CCOC(=O)C1CCc2[nH]c3ncnc(Nc4ccc(N)c(C=[NH2+])c4)c3c2C1. The minimum absolute atomic E-state index is 0.143. The lowest BCUT2D eigenvalue weighted by molar-refractivity contribution is -0.148. The molecule has 4 rings (SSSR count). The van der Waals surface area contributed by atoms with Crippen LogP contribution in [0.3, 0.4) is 0 Å². The number of nitrogens with one attached hydrogen (secondary N) is 2. The Labute approximate surface area is 162 Å². The van der Waals surface area contributed by atoms with Crippen LogP contribution in [0.5, 0.6) is 0 Å². The first-order chi connectivity index (χ1) is 13.6. The number of hydrogen-bond acceptors (Lipinski definition) is 6. The first-order valence-corrected chi connectivity index (χ1v) is 9.33. The Bertz CT molecular complexity index is 1060. The summed E-state index contributed by atoms with van der Waals surface area (Å²) in [4.78, 5) is 24.4. The number of ether oxygens (including phenoxy) is 1. The van der Waals surface area contributed by atoms with Crippen molar-refractivity contribution < 1.29 is 14.9 Å². The first kappa shape index (κ1) is 18.0. The van der Waals surface area contributed by atoms with Crippen molar-refractivity contribution in [2.24, 2.45) is 5.92 Å². The molecule has 0 saturated heterocycles. The number of fused-ring (bicyclic) bond motifs is 3. The summed E-state index contributed by atoms with van der Waals surface area (Å²) in [6, 6.07) is 5.53. The Morgan fingerprint density at radius 1 is 1.46 bits per heavy atom. The number of rotatable bonds is 5. The van der Waals surface area contributed by atoms with E-state index < -0.39 is 0 Å². The van der Waals surface area contributed by atoms with Crippen molar-refractivity contribution in [3.8, 4) is 0 Å². The maximum absolute atomic E-state index is 12.2. The summed E-state index contributed by atoms with van der Waals surface area (Å²) in [5.41, 5.74) is 11.0. The van der Waals surface area contributed by atoms with E-state index in [1.54, 1.807) is 6.07 Å². The van der Waals surface area contributed by atoms with Crippen LogP contribution in [0.25, 0.3) is 11.0 Å². The van der Waals surface area contributed by atoms with Crippen LogP contribution in [-0.4, -0.2) is 33.7 Å². The lowest BCUT2D eigenvalue weighted by Gasteiger charge is -2.21. The fourth-order valence-corrected chi connectivity index (χ4v) is 3.73. The van der Waals surface area contributed by atoms with Crippen LogP contribution in [0.4, 0.5) is 17.2 Å². The van der Waals surface area contributed by atoms with Crippen molar-refractivity contribution in [2.75, 3.05) is 17.7 Å². The highest BCUT2D eigenvalue weighted by atomic mass is 16.5. The molecular formula is C20H23N6O2+. The molecular weight excluding hydrogens is 356 g/mol. The lowest BCUT2D eigenvalue weighted by Crippen LogP contribution is -2.30. The zero-order valence-electron chi connectivity index (χ0n) is 15.7. The van der Waals surface area contributed by atoms with Gasteiger partial charge in [0.25, 0.3) is 0 Å². The second kappa shape index (κ2) is 7.30. The highest BCUT2D eigenvalue weighted by Gasteiger charge is 2.29. The molecule has 0 aliphatic heterocycles. The summed E-state index contributed by atoms with van der Waals surface area (Å²) < 4.78 is 5.22. The molecule has 1 aliphatic carbocycles. The number of carbonyl (C=O) groups excluding carboxylic acids is 1. The van der Waals surface area contributed by atoms with E-state index in [1.807, 2.05) is 19.1 Å². The predicted octanol–water partition coefficient (Wildman–Crippen LogP) is 1.13. The summed E-state index contributed by atoms with van der Waals surface area (Å²) in [7, 11) is 0. The smallest absolute Gasteiger partial charge is 0.309 e. The van der Waals surface area contributed by atoms with Crippen LogP contribution in [0.1, 0.15) is 30.2 Å². The van der Waals surface area contributed by atoms with Gasteiger partial charge >= 0.3 is 5.97 Å². The predicted molar refractivity (Wildman–Crippen MR) is 107 cm³/mol. The van der Waals surface area contributed by atoms with E-state index in [0.717, 1.165) is 46.4 Å². The molecule has 1 aromatic carbocycles. The number of aryl methyl sites for hydroxylation is 1. The summed E-state index contributed by atoms with van der Waals surface area (Å²) in [5.74, 6) is 0.393. The van der Waals surface area contributed by atoms with Gasteiger partial charge in [0.05, 0.1) is 23.5 Å². The largest absolute Gasteiger partial charge is 0.466 e. The number of esters is 1. The number of nitrogens with two attached hydrogens (primary N) is 2.